The molecule has 4 rings (SSSR count). The maximum Gasteiger partial charge on any atom is 0.0801 e. The van der Waals surface area contributed by atoms with Gasteiger partial charge >= 0.3 is 0 Å². The molecule has 1 N–H and O–H groups in total. The van der Waals surface area contributed by atoms with E-state index in [-0.39, 0.29) is 0 Å². The fourth-order valence-electron chi connectivity index (χ4n) is 2.22. The Kier molecular flexibility index (Phi) is 3.18. The predicted molar refractivity (Wildman–Crippen MR) is 90.6 cm³/mol. The van der Waals surface area contributed by atoms with Gasteiger partial charge in [-0.2, -0.15) is 0 Å². The summed E-state index contributed by atoms with van der Waals surface area (Å²) in [5.41, 5.74) is 2.21. The third-order valence-corrected chi connectivity index (χ3v) is 5.66. The Balaban J connectivity index is 1.67. The van der Waals surface area contributed by atoms with E-state index in [1.54, 1.807) is 11.3 Å². The van der Waals surface area contributed by atoms with Crippen molar-refractivity contribution in [2.75, 3.05) is 0 Å². The summed E-state index contributed by atoms with van der Waals surface area (Å²) in [7, 11) is 0. The smallest absolute Gasteiger partial charge is 0.0801 e. The number of thiophene rings is 2. The molecule has 4 aromatic rings. The molecule has 0 aliphatic rings. The zero-order valence-corrected chi connectivity index (χ0v) is 12.7. The second-order valence-corrected chi connectivity index (χ2v) is 6.79. The highest BCUT2D eigenvalue weighted by atomic mass is 32.1. The van der Waals surface area contributed by atoms with Gasteiger partial charge in [0.15, 0.2) is 0 Å². The summed E-state index contributed by atoms with van der Waals surface area (Å²) in [6, 6.07) is 18.8. The molecule has 0 saturated carbocycles. The summed E-state index contributed by atoms with van der Waals surface area (Å²) in [5.74, 6) is 0. The van der Waals surface area contributed by atoms with Gasteiger partial charge in [0.2, 0.25) is 0 Å². The number of hydrogen-bond acceptors (Lipinski definition) is 3. The van der Waals surface area contributed by atoms with Crippen LogP contribution >= 0.6 is 22.7 Å². The van der Waals surface area contributed by atoms with Gasteiger partial charge in [0, 0.05) is 22.1 Å². The number of aromatic amines is 1. The summed E-state index contributed by atoms with van der Waals surface area (Å²) < 4.78 is 0. The fourth-order valence-corrected chi connectivity index (χ4v) is 4.28. The minimum absolute atomic E-state index is 1.04. The molecule has 102 valence electrons. The largest absolute Gasteiger partial charge is 0.361 e. The minimum Gasteiger partial charge on any atom is -0.361 e. The molecule has 0 bridgehead atoms. The number of aromatic nitrogens is 2. The van der Waals surface area contributed by atoms with Crippen molar-refractivity contribution in [2.45, 2.75) is 0 Å². The average Bonchev–Trinajstić information content (AvgIpc) is 3.27. The Hall–Kier alpha value is -2.17. The standard InChI is InChI=1S/C17H12N2S2/c1-2-10-18-12(4-1)14-6-8-16(20-14)17-9-7-15(21-17)13-5-3-11-19-13/h1-11,19H. The van der Waals surface area contributed by atoms with E-state index in [0.29, 0.717) is 0 Å². The number of nitrogens with one attached hydrogen (secondary N) is 1. The van der Waals surface area contributed by atoms with Gasteiger partial charge in [-0.05, 0) is 48.5 Å². The van der Waals surface area contributed by atoms with E-state index >= 15 is 0 Å². The SMILES string of the molecule is c1ccc(-c2ccc(-c3ccc(-c4ccc[nH]4)s3)s2)nc1. The normalized spacial score (nSPS) is 10.9. The summed E-state index contributed by atoms with van der Waals surface area (Å²) >= 11 is 3.60. The van der Waals surface area contributed by atoms with Crippen LogP contribution in [0, 0.1) is 0 Å². The van der Waals surface area contributed by atoms with E-state index in [1.165, 1.54) is 25.2 Å². The topological polar surface area (TPSA) is 28.7 Å². The first-order valence-corrected chi connectivity index (χ1v) is 8.29. The summed E-state index contributed by atoms with van der Waals surface area (Å²) in [6.45, 7) is 0. The Morgan fingerprint density at radius 3 is 2.19 bits per heavy atom. The number of pyridine rings is 1. The molecule has 0 saturated heterocycles. The van der Waals surface area contributed by atoms with Crippen molar-refractivity contribution in [3.8, 4) is 30.9 Å². The van der Waals surface area contributed by atoms with Crippen LogP contribution in [0.2, 0.25) is 0 Å². The Bertz CT molecular complexity index is 842. The highest BCUT2D eigenvalue weighted by Gasteiger charge is 2.09. The van der Waals surface area contributed by atoms with Crippen molar-refractivity contribution in [1.82, 2.24) is 9.97 Å². The first-order chi connectivity index (χ1) is 10.4. The Morgan fingerprint density at radius 2 is 1.48 bits per heavy atom. The molecule has 4 heterocycles. The summed E-state index contributed by atoms with van der Waals surface area (Å²) in [5, 5.41) is 0. The first kappa shape index (κ1) is 12.6. The summed E-state index contributed by atoms with van der Waals surface area (Å²) in [6.07, 6.45) is 3.79. The monoisotopic (exact) mass is 308 g/mol. The molecule has 4 aromatic heterocycles. The van der Waals surface area contributed by atoms with E-state index in [1.807, 2.05) is 48.0 Å². The molecule has 0 radical (unpaired) electrons. The minimum atomic E-state index is 1.04. The van der Waals surface area contributed by atoms with E-state index in [0.717, 1.165) is 5.69 Å². The molecule has 0 atom stereocenters. The van der Waals surface area contributed by atoms with Gasteiger partial charge in [-0.25, -0.2) is 0 Å². The average molecular weight is 308 g/mol. The van der Waals surface area contributed by atoms with Crippen LogP contribution < -0.4 is 0 Å². The maximum absolute atomic E-state index is 4.41. The molecule has 0 amide bonds. The molecule has 4 heteroatoms. The predicted octanol–water partition coefficient (Wildman–Crippen LogP) is 5.53. The van der Waals surface area contributed by atoms with Gasteiger partial charge in [-0.3, -0.25) is 4.98 Å². The third-order valence-electron chi connectivity index (χ3n) is 3.24. The van der Waals surface area contributed by atoms with Crippen LogP contribution in [0.5, 0.6) is 0 Å². The van der Waals surface area contributed by atoms with Crippen molar-refractivity contribution in [2.24, 2.45) is 0 Å². The first-order valence-electron chi connectivity index (χ1n) is 6.65. The van der Waals surface area contributed by atoms with Crippen molar-refractivity contribution in [1.29, 1.82) is 0 Å². The molecule has 0 unspecified atom stereocenters. The highest BCUT2D eigenvalue weighted by molar-refractivity contribution is 7.25. The quantitative estimate of drug-likeness (QED) is 0.529. The Labute approximate surface area is 130 Å². The van der Waals surface area contributed by atoms with Crippen LogP contribution in [0.4, 0.5) is 0 Å². The van der Waals surface area contributed by atoms with E-state index in [9.17, 15) is 0 Å². The van der Waals surface area contributed by atoms with Crippen molar-refractivity contribution in [3.63, 3.8) is 0 Å². The molecule has 0 fully saturated rings. The zero-order valence-electron chi connectivity index (χ0n) is 11.1. The summed E-state index contributed by atoms with van der Waals surface area (Å²) in [4.78, 5) is 12.7. The van der Waals surface area contributed by atoms with Crippen LogP contribution in [0.3, 0.4) is 0 Å². The number of H-pyrrole nitrogens is 1. The van der Waals surface area contributed by atoms with Crippen LogP contribution in [0.25, 0.3) is 30.9 Å². The van der Waals surface area contributed by atoms with Gasteiger partial charge in [0.25, 0.3) is 0 Å². The van der Waals surface area contributed by atoms with Crippen LogP contribution in [-0.4, -0.2) is 9.97 Å². The lowest BCUT2D eigenvalue weighted by molar-refractivity contribution is 1.34. The number of nitrogens with zero attached hydrogens (tertiary/aromatic N) is 1. The van der Waals surface area contributed by atoms with Crippen molar-refractivity contribution < 1.29 is 0 Å². The number of rotatable bonds is 3. The van der Waals surface area contributed by atoms with Crippen LogP contribution in [0.15, 0.2) is 67.0 Å². The molecular weight excluding hydrogens is 296 g/mol. The van der Waals surface area contributed by atoms with Crippen LogP contribution in [0.1, 0.15) is 0 Å². The van der Waals surface area contributed by atoms with Crippen molar-refractivity contribution >= 4 is 22.7 Å². The molecule has 0 spiro atoms. The van der Waals surface area contributed by atoms with E-state index in [2.05, 4.69) is 40.3 Å². The van der Waals surface area contributed by atoms with Gasteiger partial charge in [-0.1, -0.05) is 6.07 Å². The third kappa shape index (κ3) is 2.44. The highest BCUT2D eigenvalue weighted by Crippen LogP contribution is 2.39. The van der Waals surface area contributed by atoms with E-state index in [4.69, 9.17) is 0 Å². The molecule has 2 nitrogen and oxygen atoms in total. The second kappa shape index (κ2) is 5.31. The molecule has 0 aliphatic carbocycles. The molecular formula is C17H12N2S2. The van der Waals surface area contributed by atoms with Crippen LogP contribution in [-0.2, 0) is 0 Å². The van der Waals surface area contributed by atoms with Gasteiger partial charge in [0.05, 0.1) is 21.1 Å². The lowest BCUT2D eigenvalue weighted by Gasteiger charge is -1.94. The van der Waals surface area contributed by atoms with Gasteiger partial charge in [-0.15, -0.1) is 22.7 Å². The molecule has 0 aromatic carbocycles. The number of hydrogen-bond donors (Lipinski definition) is 1. The van der Waals surface area contributed by atoms with Gasteiger partial charge < -0.3 is 4.98 Å². The van der Waals surface area contributed by atoms with Crippen molar-refractivity contribution in [3.05, 3.63) is 67.0 Å². The second-order valence-electron chi connectivity index (χ2n) is 4.63. The van der Waals surface area contributed by atoms with E-state index < -0.39 is 0 Å². The maximum atomic E-state index is 4.41. The lowest BCUT2D eigenvalue weighted by Crippen LogP contribution is -1.75. The van der Waals surface area contributed by atoms with Gasteiger partial charge in [0.1, 0.15) is 0 Å². The fraction of sp³-hybridized carbons (Fsp3) is 0. The Morgan fingerprint density at radius 1 is 0.714 bits per heavy atom. The molecule has 0 aliphatic heterocycles. The lowest BCUT2D eigenvalue weighted by atomic mass is 10.3. The molecule has 21 heavy (non-hydrogen) atoms. The zero-order chi connectivity index (χ0) is 14.1.